The third-order valence-corrected chi connectivity index (χ3v) is 3.15. The quantitative estimate of drug-likeness (QED) is 0.830. The first kappa shape index (κ1) is 18.6. The molecule has 0 aliphatic carbocycles. The number of amides is 1. The number of hydrogen-bond acceptors (Lipinski definition) is 3. The Morgan fingerprint density at radius 2 is 1.80 bits per heavy atom. The molecule has 10 heteroatoms. The molecule has 134 valence electrons. The lowest BCUT2D eigenvalue weighted by molar-refractivity contribution is -0.290. The zero-order chi connectivity index (χ0) is 18.8. The number of benzene rings is 1. The lowest BCUT2D eigenvalue weighted by Gasteiger charge is -2.21. The van der Waals surface area contributed by atoms with E-state index in [1.807, 2.05) is 0 Å². The normalized spacial score (nSPS) is 12.0. The fourth-order valence-corrected chi connectivity index (χ4v) is 1.94. The van der Waals surface area contributed by atoms with E-state index in [2.05, 4.69) is 10.3 Å². The summed E-state index contributed by atoms with van der Waals surface area (Å²) < 4.78 is 83.1. The SMILES string of the molecule is COc1ncccc1NC(=O)c1cccc(C(F)(F)C(F)(F)F)c1F. The minimum Gasteiger partial charge on any atom is -0.480 e. The molecule has 2 aromatic rings. The van der Waals surface area contributed by atoms with Crippen LogP contribution >= 0.6 is 0 Å². The van der Waals surface area contributed by atoms with E-state index >= 15 is 0 Å². The van der Waals surface area contributed by atoms with E-state index in [0.29, 0.717) is 0 Å². The van der Waals surface area contributed by atoms with Gasteiger partial charge in [0.1, 0.15) is 11.5 Å². The molecule has 0 saturated carbocycles. The van der Waals surface area contributed by atoms with Gasteiger partial charge in [-0.25, -0.2) is 9.37 Å². The molecule has 1 heterocycles. The summed E-state index contributed by atoms with van der Waals surface area (Å²) in [5.41, 5.74) is -2.93. The Balaban J connectivity index is 2.41. The number of pyridine rings is 1. The smallest absolute Gasteiger partial charge is 0.458 e. The van der Waals surface area contributed by atoms with Gasteiger partial charge in [0.2, 0.25) is 5.88 Å². The van der Waals surface area contributed by atoms with E-state index in [1.54, 1.807) is 0 Å². The Morgan fingerprint density at radius 1 is 1.12 bits per heavy atom. The van der Waals surface area contributed by atoms with Crippen molar-refractivity contribution in [3.8, 4) is 5.88 Å². The summed E-state index contributed by atoms with van der Waals surface area (Å²) in [5.74, 6) is -8.69. The first-order valence-corrected chi connectivity index (χ1v) is 6.63. The molecule has 4 nitrogen and oxygen atoms in total. The summed E-state index contributed by atoms with van der Waals surface area (Å²) in [6.45, 7) is 0. The van der Waals surface area contributed by atoms with Gasteiger partial charge in [0, 0.05) is 6.20 Å². The Morgan fingerprint density at radius 3 is 2.40 bits per heavy atom. The minimum atomic E-state index is -6.00. The number of nitrogens with one attached hydrogen (secondary N) is 1. The van der Waals surface area contributed by atoms with Gasteiger partial charge < -0.3 is 10.1 Å². The largest absolute Gasteiger partial charge is 0.480 e. The maximum Gasteiger partial charge on any atom is 0.458 e. The number of carbonyl (C=O) groups excluding carboxylic acids is 1. The second kappa shape index (κ2) is 6.61. The Hall–Kier alpha value is -2.78. The summed E-state index contributed by atoms with van der Waals surface area (Å²) in [7, 11) is 1.24. The van der Waals surface area contributed by atoms with E-state index in [9.17, 15) is 31.1 Å². The highest BCUT2D eigenvalue weighted by Crippen LogP contribution is 2.45. The molecule has 1 aromatic heterocycles. The third kappa shape index (κ3) is 3.52. The van der Waals surface area contributed by atoms with Crippen LogP contribution in [0.5, 0.6) is 5.88 Å². The van der Waals surface area contributed by atoms with E-state index in [1.165, 1.54) is 25.4 Å². The van der Waals surface area contributed by atoms with Crippen molar-refractivity contribution in [2.24, 2.45) is 0 Å². The number of ether oxygens (including phenoxy) is 1. The van der Waals surface area contributed by atoms with Gasteiger partial charge in [0.25, 0.3) is 5.91 Å². The molecule has 2 rings (SSSR count). The van der Waals surface area contributed by atoms with Crippen LogP contribution in [0.4, 0.5) is 32.0 Å². The second-order valence-corrected chi connectivity index (χ2v) is 4.75. The van der Waals surface area contributed by atoms with Gasteiger partial charge in [-0.3, -0.25) is 4.79 Å². The number of aromatic nitrogens is 1. The summed E-state index contributed by atoms with van der Waals surface area (Å²) in [4.78, 5) is 15.8. The number of hydrogen-bond donors (Lipinski definition) is 1. The molecule has 0 bridgehead atoms. The average molecular weight is 364 g/mol. The van der Waals surface area contributed by atoms with Crippen LogP contribution in [0.1, 0.15) is 15.9 Å². The molecule has 1 aromatic carbocycles. The van der Waals surface area contributed by atoms with Crippen LogP contribution in [0.2, 0.25) is 0 Å². The molecule has 0 fully saturated rings. The van der Waals surface area contributed by atoms with Crippen molar-refractivity contribution in [3.05, 3.63) is 53.5 Å². The highest BCUT2D eigenvalue weighted by atomic mass is 19.4. The van der Waals surface area contributed by atoms with E-state index in [4.69, 9.17) is 4.74 Å². The van der Waals surface area contributed by atoms with Crippen molar-refractivity contribution in [2.45, 2.75) is 12.1 Å². The van der Waals surface area contributed by atoms with E-state index in [-0.39, 0.29) is 17.6 Å². The zero-order valence-corrected chi connectivity index (χ0v) is 12.5. The maximum absolute atomic E-state index is 14.1. The van der Waals surface area contributed by atoms with Gasteiger partial charge in [0.05, 0.1) is 18.2 Å². The topological polar surface area (TPSA) is 51.2 Å². The van der Waals surface area contributed by atoms with Gasteiger partial charge >= 0.3 is 12.1 Å². The molecule has 0 spiro atoms. The fraction of sp³-hybridized carbons (Fsp3) is 0.200. The van der Waals surface area contributed by atoms with Crippen molar-refractivity contribution in [1.82, 2.24) is 4.98 Å². The first-order chi connectivity index (χ1) is 11.6. The Labute approximate surface area is 137 Å². The number of nitrogens with zero attached hydrogens (tertiary/aromatic N) is 1. The Bertz CT molecular complexity index is 792. The van der Waals surface area contributed by atoms with Crippen molar-refractivity contribution in [3.63, 3.8) is 0 Å². The second-order valence-electron chi connectivity index (χ2n) is 4.75. The number of anilines is 1. The van der Waals surface area contributed by atoms with Crippen LogP contribution in [0.15, 0.2) is 36.5 Å². The predicted octanol–water partition coefficient (Wildman–Crippen LogP) is 4.14. The van der Waals surface area contributed by atoms with Gasteiger partial charge in [-0.1, -0.05) is 6.07 Å². The maximum atomic E-state index is 14.1. The van der Waals surface area contributed by atoms with Crippen LogP contribution in [-0.4, -0.2) is 24.2 Å². The highest BCUT2D eigenvalue weighted by Gasteiger charge is 2.60. The first-order valence-electron chi connectivity index (χ1n) is 6.63. The summed E-state index contributed by atoms with van der Waals surface area (Å²) in [6, 6.07) is 4.51. The molecule has 0 saturated heterocycles. The molecular formula is C15H10F6N2O2. The van der Waals surface area contributed by atoms with Crippen LogP contribution in [0.25, 0.3) is 0 Å². The van der Waals surface area contributed by atoms with Gasteiger partial charge in [-0.2, -0.15) is 22.0 Å². The van der Waals surface area contributed by atoms with Crippen LogP contribution < -0.4 is 10.1 Å². The molecular weight excluding hydrogens is 354 g/mol. The average Bonchev–Trinajstić information content (AvgIpc) is 2.54. The van der Waals surface area contributed by atoms with Crippen molar-refractivity contribution in [1.29, 1.82) is 0 Å². The molecule has 1 N–H and O–H groups in total. The van der Waals surface area contributed by atoms with Gasteiger partial charge in [0.15, 0.2) is 0 Å². The lowest BCUT2D eigenvalue weighted by atomic mass is 10.0. The van der Waals surface area contributed by atoms with Crippen LogP contribution in [0.3, 0.4) is 0 Å². The molecule has 0 atom stereocenters. The number of methoxy groups -OCH3 is 1. The summed E-state index contributed by atoms with van der Waals surface area (Å²) >= 11 is 0. The van der Waals surface area contributed by atoms with Gasteiger partial charge in [-0.15, -0.1) is 0 Å². The van der Waals surface area contributed by atoms with Crippen LogP contribution in [0, 0.1) is 5.82 Å². The standard InChI is InChI=1S/C15H10F6N2O2/c1-25-13-10(6-3-7-22-13)23-12(24)8-4-2-5-9(11(8)16)14(17,18)15(19,20)21/h2-7H,1H3,(H,23,24). The third-order valence-electron chi connectivity index (χ3n) is 3.15. The number of carbonyl (C=O) groups is 1. The van der Waals surface area contributed by atoms with Crippen LogP contribution in [-0.2, 0) is 5.92 Å². The molecule has 0 aliphatic heterocycles. The highest BCUT2D eigenvalue weighted by molar-refractivity contribution is 6.05. The van der Waals surface area contributed by atoms with Crippen molar-refractivity contribution in [2.75, 3.05) is 12.4 Å². The van der Waals surface area contributed by atoms with Crippen molar-refractivity contribution < 1.29 is 35.9 Å². The van der Waals surface area contributed by atoms with E-state index < -0.39 is 35.0 Å². The Kier molecular flexibility index (Phi) is 4.91. The molecule has 0 radical (unpaired) electrons. The lowest BCUT2D eigenvalue weighted by Crippen LogP contribution is -2.35. The summed E-state index contributed by atoms with van der Waals surface area (Å²) in [6.07, 6.45) is -4.67. The molecule has 25 heavy (non-hydrogen) atoms. The van der Waals surface area contributed by atoms with E-state index in [0.717, 1.165) is 12.1 Å². The zero-order valence-electron chi connectivity index (χ0n) is 12.5. The monoisotopic (exact) mass is 364 g/mol. The van der Waals surface area contributed by atoms with Gasteiger partial charge in [-0.05, 0) is 24.3 Å². The minimum absolute atomic E-state index is 0.0117. The molecule has 0 aliphatic rings. The molecule has 0 unspecified atom stereocenters. The van der Waals surface area contributed by atoms with Crippen molar-refractivity contribution >= 4 is 11.6 Å². The predicted molar refractivity (Wildman–Crippen MR) is 75.1 cm³/mol. The number of alkyl halides is 5. The summed E-state index contributed by atoms with van der Waals surface area (Å²) in [5, 5.41) is 2.14. The fourth-order valence-electron chi connectivity index (χ4n) is 1.94. The molecule has 1 amide bonds. The number of rotatable bonds is 4. The number of halogens is 6.